The highest BCUT2D eigenvalue weighted by molar-refractivity contribution is 5.94. The lowest BCUT2D eigenvalue weighted by molar-refractivity contribution is -0.120. The summed E-state index contributed by atoms with van der Waals surface area (Å²) in [6.45, 7) is 3.31. The molecule has 4 rings (SSSR count). The predicted molar refractivity (Wildman–Crippen MR) is 115 cm³/mol. The fraction of sp³-hybridized carbons (Fsp3) is 0.318. The zero-order valence-electron chi connectivity index (χ0n) is 17.5. The van der Waals surface area contributed by atoms with E-state index in [1.54, 1.807) is 30.5 Å². The number of hydrogen-bond acceptors (Lipinski definition) is 7. The van der Waals surface area contributed by atoms with E-state index in [1.807, 2.05) is 29.8 Å². The number of nitrogens with zero attached hydrogens (tertiary/aromatic N) is 5. The van der Waals surface area contributed by atoms with Gasteiger partial charge < -0.3 is 15.0 Å². The first-order valence-corrected chi connectivity index (χ1v) is 10.1. The van der Waals surface area contributed by atoms with Crippen LogP contribution >= 0.6 is 0 Å². The van der Waals surface area contributed by atoms with Gasteiger partial charge in [0, 0.05) is 31.2 Å². The summed E-state index contributed by atoms with van der Waals surface area (Å²) >= 11 is 0. The van der Waals surface area contributed by atoms with Crippen molar-refractivity contribution in [3.05, 3.63) is 60.2 Å². The Morgan fingerprint density at radius 2 is 1.84 bits per heavy atom. The van der Waals surface area contributed by atoms with Crippen molar-refractivity contribution in [1.29, 1.82) is 0 Å². The molecule has 1 N–H and O–H groups in total. The van der Waals surface area contributed by atoms with E-state index in [9.17, 15) is 9.59 Å². The maximum Gasteiger partial charge on any atom is 0.337 e. The maximum atomic E-state index is 12.8. The standard InChI is InChI=1S/C22H24N6O3/c1-15-23-11-13-28(15)20-10-9-19(25-26-20)27-12-3-4-17(14-27)21(29)24-18-7-5-16(6-8-18)22(30)31-2/h5-11,13,17H,3-4,12,14H2,1-2H3,(H,24,29). The fourth-order valence-corrected chi connectivity index (χ4v) is 3.69. The molecule has 0 radical (unpaired) electrons. The van der Waals surface area contributed by atoms with E-state index in [2.05, 4.69) is 25.4 Å². The molecule has 1 aliphatic rings. The molecule has 31 heavy (non-hydrogen) atoms. The summed E-state index contributed by atoms with van der Waals surface area (Å²) in [5, 5.41) is 11.6. The van der Waals surface area contributed by atoms with E-state index in [1.165, 1.54) is 7.11 Å². The number of aryl methyl sites for hydroxylation is 1. The van der Waals surface area contributed by atoms with Crippen molar-refractivity contribution in [2.24, 2.45) is 5.92 Å². The normalized spacial score (nSPS) is 16.1. The van der Waals surface area contributed by atoms with Gasteiger partial charge in [-0.15, -0.1) is 10.2 Å². The van der Waals surface area contributed by atoms with Gasteiger partial charge >= 0.3 is 5.97 Å². The van der Waals surface area contributed by atoms with Crippen LogP contribution < -0.4 is 10.2 Å². The molecule has 9 nitrogen and oxygen atoms in total. The number of piperidine rings is 1. The van der Waals surface area contributed by atoms with Crippen LogP contribution in [0.25, 0.3) is 5.82 Å². The molecule has 160 valence electrons. The molecule has 0 bridgehead atoms. The zero-order valence-corrected chi connectivity index (χ0v) is 17.5. The zero-order chi connectivity index (χ0) is 21.8. The van der Waals surface area contributed by atoms with Crippen LogP contribution in [-0.4, -0.2) is 51.8 Å². The quantitative estimate of drug-likeness (QED) is 0.633. The van der Waals surface area contributed by atoms with Crippen molar-refractivity contribution in [2.45, 2.75) is 19.8 Å². The van der Waals surface area contributed by atoms with E-state index in [0.717, 1.165) is 31.0 Å². The average Bonchev–Trinajstić information content (AvgIpc) is 3.25. The smallest absolute Gasteiger partial charge is 0.337 e. The van der Waals surface area contributed by atoms with E-state index >= 15 is 0 Å². The molecule has 1 fully saturated rings. The SMILES string of the molecule is COC(=O)c1ccc(NC(=O)C2CCCN(c3ccc(-n4ccnc4C)nn3)C2)cc1. The molecule has 9 heteroatoms. The highest BCUT2D eigenvalue weighted by atomic mass is 16.5. The second-order valence-electron chi connectivity index (χ2n) is 7.44. The lowest BCUT2D eigenvalue weighted by Gasteiger charge is -2.32. The summed E-state index contributed by atoms with van der Waals surface area (Å²) in [6, 6.07) is 10.5. The van der Waals surface area contributed by atoms with Gasteiger partial charge in [0.25, 0.3) is 0 Å². The molecule has 0 aliphatic carbocycles. The number of methoxy groups -OCH3 is 1. The number of carbonyl (C=O) groups excluding carboxylic acids is 2. The second-order valence-corrected chi connectivity index (χ2v) is 7.44. The van der Waals surface area contributed by atoms with Crippen LogP contribution in [0.2, 0.25) is 0 Å². The molecule has 0 spiro atoms. The summed E-state index contributed by atoms with van der Waals surface area (Å²) < 4.78 is 6.56. The number of aromatic nitrogens is 4. The van der Waals surface area contributed by atoms with Crippen LogP contribution in [0.5, 0.6) is 0 Å². The van der Waals surface area contributed by atoms with E-state index in [0.29, 0.717) is 23.6 Å². The number of benzene rings is 1. The molecule has 1 unspecified atom stereocenters. The molecular formula is C22H24N6O3. The lowest BCUT2D eigenvalue weighted by Crippen LogP contribution is -2.41. The molecule has 3 heterocycles. The summed E-state index contributed by atoms with van der Waals surface area (Å²) in [6.07, 6.45) is 5.27. The minimum atomic E-state index is -0.406. The molecule has 1 aromatic carbocycles. The number of anilines is 2. The molecule has 3 aromatic rings. The van der Waals surface area contributed by atoms with Crippen molar-refractivity contribution in [1.82, 2.24) is 19.7 Å². The van der Waals surface area contributed by atoms with Gasteiger partial charge in [0.1, 0.15) is 5.82 Å². The molecule has 1 aliphatic heterocycles. The van der Waals surface area contributed by atoms with Crippen molar-refractivity contribution >= 4 is 23.4 Å². The van der Waals surface area contributed by atoms with E-state index < -0.39 is 5.97 Å². The Kier molecular flexibility index (Phi) is 5.92. The largest absolute Gasteiger partial charge is 0.465 e. The second kappa shape index (κ2) is 8.95. The number of amides is 1. The Hall–Kier alpha value is -3.75. The Morgan fingerprint density at radius 1 is 1.10 bits per heavy atom. The monoisotopic (exact) mass is 420 g/mol. The summed E-state index contributed by atoms with van der Waals surface area (Å²) in [5.74, 6) is 1.69. The molecule has 0 saturated carbocycles. The third-order valence-corrected chi connectivity index (χ3v) is 5.40. The summed E-state index contributed by atoms with van der Waals surface area (Å²) in [4.78, 5) is 30.6. The van der Waals surface area contributed by atoms with Crippen molar-refractivity contribution < 1.29 is 14.3 Å². The minimum absolute atomic E-state index is 0.0471. The maximum absolute atomic E-state index is 12.8. The molecule has 1 amide bonds. The lowest BCUT2D eigenvalue weighted by atomic mass is 9.97. The van der Waals surface area contributed by atoms with Gasteiger partial charge in [-0.1, -0.05) is 0 Å². The van der Waals surface area contributed by atoms with Crippen molar-refractivity contribution in [2.75, 3.05) is 30.4 Å². The third-order valence-electron chi connectivity index (χ3n) is 5.40. The topological polar surface area (TPSA) is 102 Å². The molecular weight excluding hydrogens is 396 g/mol. The molecule has 2 aromatic heterocycles. The number of ether oxygens (including phenoxy) is 1. The number of nitrogens with one attached hydrogen (secondary N) is 1. The molecule has 1 atom stereocenters. The van der Waals surface area contributed by atoms with E-state index in [-0.39, 0.29) is 11.8 Å². The highest BCUT2D eigenvalue weighted by Gasteiger charge is 2.27. The Bertz CT molecular complexity index is 1060. The molecule has 1 saturated heterocycles. The van der Waals surface area contributed by atoms with Crippen LogP contribution in [-0.2, 0) is 9.53 Å². The van der Waals surface area contributed by atoms with Gasteiger partial charge in [-0.05, 0) is 56.2 Å². The number of imidazole rings is 1. The summed E-state index contributed by atoms with van der Waals surface area (Å²) in [5.41, 5.74) is 1.09. The number of esters is 1. The van der Waals surface area contributed by atoms with Gasteiger partial charge in [0.2, 0.25) is 5.91 Å². The van der Waals surface area contributed by atoms with Crippen molar-refractivity contribution in [3.63, 3.8) is 0 Å². The number of rotatable bonds is 5. The Labute approximate surface area is 180 Å². The fourth-order valence-electron chi connectivity index (χ4n) is 3.69. The number of hydrogen-bond donors (Lipinski definition) is 1. The third kappa shape index (κ3) is 4.55. The van der Waals surface area contributed by atoms with Gasteiger partial charge in [-0.3, -0.25) is 9.36 Å². The van der Waals surface area contributed by atoms with Crippen LogP contribution in [0.3, 0.4) is 0 Å². The Balaban J connectivity index is 1.39. The van der Waals surface area contributed by atoms with Crippen LogP contribution in [0, 0.1) is 12.8 Å². The van der Waals surface area contributed by atoms with Gasteiger partial charge in [-0.2, -0.15) is 0 Å². The van der Waals surface area contributed by atoms with Crippen LogP contribution in [0.4, 0.5) is 11.5 Å². The minimum Gasteiger partial charge on any atom is -0.465 e. The van der Waals surface area contributed by atoms with Crippen LogP contribution in [0.1, 0.15) is 29.0 Å². The van der Waals surface area contributed by atoms with Gasteiger partial charge in [-0.25, -0.2) is 9.78 Å². The Morgan fingerprint density at radius 3 is 2.48 bits per heavy atom. The summed E-state index contributed by atoms with van der Waals surface area (Å²) in [7, 11) is 1.34. The van der Waals surface area contributed by atoms with E-state index in [4.69, 9.17) is 4.74 Å². The van der Waals surface area contributed by atoms with Gasteiger partial charge in [0.05, 0.1) is 18.6 Å². The highest BCUT2D eigenvalue weighted by Crippen LogP contribution is 2.23. The predicted octanol–water partition coefficient (Wildman–Crippen LogP) is 2.61. The van der Waals surface area contributed by atoms with Crippen molar-refractivity contribution in [3.8, 4) is 5.82 Å². The average molecular weight is 420 g/mol. The van der Waals surface area contributed by atoms with Crippen LogP contribution in [0.15, 0.2) is 48.8 Å². The first-order chi connectivity index (χ1) is 15.0. The first-order valence-electron chi connectivity index (χ1n) is 10.1. The number of carbonyl (C=O) groups is 2. The van der Waals surface area contributed by atoms with Gasteiger partial charge in [0.15, 0.2) is 11.6 Å². The first kappa shape index (κ1) is 20.5.